The van der Waals surface area contributed by atoms with Crippen molar-refractivity contribution in [1.29, 1.82) is 0 Å². The van der Waals surface area contributed by atoms with Gasteiger partial charge in [-0.25, -0.2) is 4.79 Å². The van der Waals surface area contributed by atoms with Crippen LogP contribution in [-0.2, 0) is 9.47 Å². The standard InChI is InChI=1S/C12H26O3Si2/c1-11(2)9-16-10-17(4,5)8-6-7-15-12(13)14-3/h9H,6-8,10,16H2,1-5H3. The van der Waals surface area contributed by atoms with Gasteiger partial charge in [0.2, 0.25) is 0 Å². The van der Waals surface area contributed by atoms with Crippen molar-refractivity contribution in [1.82, 2.24) is 0 Å². The van der Waals surface area contributed by atoms with Crippen LogP contribution in [-0.4, -0.2) is 37.5 Å². The fourth-order valence-electron chi connectivity index (χ4n) is 1.64. The Morgan fingerprint density at radius 1 is 1.35 bits per heavy atom. The minimum Gasteiger partial charge on any atom is -0.438 e. The Hall–Kier alpha value is -0.556. The van der Waals surface area contributed by atoms with Crippen molar-refractivity contribution in [3.05, 3.63) is 11.3 Å². The number of ether oxygens (including phenoxy) is 2. The number of allylic oxidation sites excluding steroid dienone is 1. The van der Waals surface area contributed by atoms with Crippen molar-refractivity contribution >= 4 is 23.7 Å². The zero-order chi connectivity index (χ0) is 13.3. The van der Waals surface area contributed by atoms with Crippen molar-refractivity contribution in [2.75, 3.05) is 13.7 Å². The summed E-state index contributed by atoms with van der Waals surface area (Å²) in [6.07, 6.45) is 0.403. The summed E-state index contributed by atoms with van der Waals surface area (Å²) >= 11 is 0. The van der Waals surface area contributed by atoms with Gasteiger partial charge in [0.05, 0.1) is 13.7 Å². The minimum atomic E-state index is -1.07. The molecule has 100 valence electrons. The maximum atomic E-state index is 10.7. The number of carbonyl (C=O) groups is 1. The summed E-state index contributed by atoms with van der Waals surface area (Å²) in [6, 6.07) is 1.23. The van der Waals surface area contributed by atoms with E-state index in [9.17, 15) is 4.79 Å². The smallest absolute Gasteiger partial charge is 0.438 e. The van der Waals surface area contributed by atoms with Crippen molar-refractivity contribution in [2.45, 2.75) is 45.1 Å². The first-order chi connectivity index (χ1) is 7.87. The molecule has 0 unspecified atom stereocenters. The van der Waals surface area contributed by atoms with Gasteiger partial charge >= 0.3 is 6.16 Å². The summed E-state index contributed by atoms with van der Waals surface area (Å²) in [7, 11) is 0.245. The molecule has 0 spiro atoms. The third-order valence-electron chi connectivity index (χ3n) is 2.76. The number of hydrogen-bond donors (Lipinski definition) is 0. The van der Waals surface area contributed by atoms with Crippen LogP contribution in [0.15, 0.2) is 11.3 Å². The van der Waals surface area contributed by atoms with E-state index in [0.29, 0.717) is 6.61 Å². The highest BCUT2D eigenvalue weighted by atomic mass is 28.4. The normalized spacial score (nSPS) is 11.6. The molecule has 0 aromatic carbocycles. The molecule has 0 N–H and O–H groups in total. The molecule has 0 saturated heterocycles. The Kier molecular flexibility index (Phi) is 8.24. The lowest BCUT2D eigenvalue weighted by atomic mass is 10.4. The Balaban J connectivity index is 3.70. The molecule has 0 aromatic heterocycles. The maximum absolute atomic E-state index is 10.7. The topological polar surface area (TPSA) is 35.5 Å². The van der Waals surface area contributed by atoms with E-state index in [-0.39, 0.29) is 9.52 Å². The second-order valence-corrected chi connectivity index (χ2v) is 13.2. The highest BCUT2D eigenvalue weighted by Gasteiger charge is 2.19. The van der Waals surface area contributed by atoms with E-state index < -0.39 is 14.2 Å². The van der Waals surface area contributed by atoms with E-state index in [4.69, 9.17) is 4.74 Å². The summed E-state index contributed by atoms with van der Waals surface area (Å²) < 4.78 is 9.31. The number of hydrogen-bond acceptors (Lipinski definition) is 3. The van der Waals surface area contributed by atoms with E-state index in [0.717, 1.165) is 6.42 Å². The van der Waals surface area contributed by atoms with Gasteiger partial charge in [-0.1, -0.05) is 30.4 Å². The molecule has 0 aliphatic heterocycles. The van der Waals surface area contributed by atoms with E-state index >= 15 is 0 Å². The molecule has 17 heavy (non-hydrogen) atoms. The molecule has 0 rings (SSSR count). The van der Waals surface area contributed by atoms with E-state index in [1.54, 1.807) is 0 Å². The van der Waals surface area contributed by atoms with Gasteiger partial charge in [-0.2, -0.15) is 0 Å². The predicted octanol–water partition coefficient (Wildman–Crippen LogP) is 2.92. The highest BCUT2D eigenvalue weighted by Crippen LogP contribution is 2.17. The Morgan fingerprint density at radius 2 is 2.00 bits per heavy atom. The summed E-state index contributed by atoms with van der Waals surface area (Å²) in [5.74, 6) is 0. The predicted molar refractivity (Wildman–Crippen MR) is 78.0 cm³/mol. The first-order valence-electron chi connectivity index (χ1n) is 6.21. The van der Waals surface area contributed by atoms with Gasteiger partial charge in [-0.3, -0.25) is 0 Å². The van der Waals surface area contributed by atoms with Crippen LogP contribution in [0.1, 0.15) is 20.3 Å². The molecule has 0 fully saturated rings. The molecule has 0 bridgehead atoms. The molecule has 3 nitrogen and oxygen atoms in total. The van der Waals surface area contributed by atoms with Gasteiger partial charge in [0.25, 0.3) is 0 Å². The first-order valence-corrected chi connectivity index (χ1v) is 11.4. The molecule has 5 heteroatoms. The molecule has 0 radical (unpaired) electrons. The van der Waals surface area contributed by atoms with Gasteiger partial charge in [-0.05, 0) is 20.3 Å². The van der Waals surface area contributed by atoms with E-state index in [2.05, 4.69) is 37.4 Å². The van der Waals surface area contributed by atoms with Crippen LogP contribution in [0.5, 0.6) is 0 Å². The second kappa shape index (κ2) is 8.52. The lowest BCUT2D eigenvalue weighted by molar-refractivity contribution is 0.0728. The average Bonchev–Trinajstić information content (AvgIpc) is 2.23. The summed E-state index contributed by atoms with van der Waals surface area (Å²) in [5.41, 5.74) is 5.34. The molecule has 0 saturated carbocycles. The summed E-state index contributed by atoms with van der Waals surface area (Å²) in [4.78, 5) is 10.7. The number of methoxy groups -OCH3 is 1. The van der Waals surface area contributed by atoms with Crippen molar-refractivity contribution in [3.8, 4) is 0 Å². The van der Waals surface area contributed by atoms with Crippen LogP contribution in [0.2, 0.25) is 24.8 Å². The van der Waals surface area contributed by atoms with E-state index in [1.165, 1.54) is 24.4 Å². The third kappa shape index (κ3) is 10.3. The minimum absolute atomic E-state index is 0.0274. The van der Waals surface area contributed by atoms with Crippen molar-refractivity contribution < 1.29 is 14.3 Å². The molecule has 0 heterocycles. The molecule has 0 aromatic rings. The first kappa shape index (κ1) is 16.4. The van der Waals surface area contributed by atoms with Crippen LogP contribution in [0.4, 0.5) is 4.79 Å². The number of carbonyl (C=O) groups excluding carboxylic acids is 1. The maximum Gasteiger partial charge on any atom is 0.507 e. The van der Waals surface area contributed by atoms with Crippen LogP contribution < -0.4 is 0 Å². The van der Waals surface area contributed by atoms with Gasteiger partial charge in [0, 0.05) is 17.6 Å². The SMILES string of the molecule is COC(=O)OCCC[Si](C)(C)C[SiH2]C=C(C)C. The zero-order valence-corrected chi connectivity index (χ0v) is 14.3. The summed E-state index contributed by atoms with van der Waals surface area (Å²) in [5, 5.41) is 0. The van der Waals surface area contributed by atoms with Crippen LogP contribution in [0, 0.1) is 0 Å². The summed E-state index contributed by atoms with van der Waals surface area (Å²) in [6.45, 7) is 9.69. The number of rotatable bonds is 7. The second-order valence-electron chi connectivity index (χ2n) is 5.39. The molecular formula is C12H26O3Si2. The molecule has 0 aliphatic rings. The van der Waals surface area contributed by atoms with Gasteiger partial charge in [-0.15, -0.1) is 5.70 Å². The Morgan fingerprint density at radius 3 is 2.53 bits per heavy atom. The molecule has 0 aliphatic carbocycles. The zero-order valence-electron chi connectivity index (χ0n) is 11.8. The third-order valence-corrected chi connectivity index (χ3v) is 12.1. The highest BCUT2D eigenvalue weighted by molar-refractivity contribution is 6.85. The van der Waals surface area contributed by atoms with Crippen molar-refractivity contribution in [2.24, 2.45) is 0 Å². The average molecular weight is 275 g/mol. The monoisotopic (exact) mass is 274 g/mol. The lowest BCUT2D eigenvalue weighted by Crippen LogP contribution is -2.27. The van der Waals surface area contributed by atoms with Gasteiger partial charge in [0.15, 0.2) is 0 Å². The fourth-order valence-corrected chi connectivity index (χ4v) is 8.02. The van der Waals surface area contributed by atoms with Gasteiger partial charge < -0.3 is 9.47 Å². The van der Waals surface area contributed by atoms with Gasteiger partial charge in [0.1, 0.15) is 0 Å². The molecule has 0 amide bonds. The fraction of sp³-hybridized carbons (Fsp3) is 0.750. The van der Waals surface area contributed by atoms with Crippen LogP contribution >= 0.6 is 0 Å². The van der Waals surface area contributed by atoms with Crippen molar-refractivity contribution in [3.63, 3.8) is 0 Å². The molecular weight excluding hydrogens is 248 g/mol. The largest absolute Gasteiger partial charge is 0.507 e. The van der Waals surface area contributed by atoms with E-state index in [1.807, 2.05) is 0 Å². The molecule has 0 atom stereocenters. The van der Waals surface area contributed by atoms with Crippen LogP contribution in [0.3, 0.4) is 0 Å². The lowest BCUT2D eigenvalue weighted by Gasteiger charge is -2.21. The van der Waals surface area contributed by atoms with Crippen LogP contribution in [0.25, 0.3) is 0 Å². The Labute approximate surface area is 108 Å². The Bertz CT molecular complexity index is 258. The quantitative estimate of drug-likeness (QED) is 0.407.